The van der Waals surface area contributed by atoms with E-state index in [4.69, 9.17) is 40.5 Å². The van der Waals surface area contributed by atoms with Crippen LogP contribution in [0.25, 0.3) is 0 Å². The zero-order chi connectivity index (χ0) is 15.6. The second kappa shape index (κ2) is 6.56. The van der Waals surface area contributed by atoms with Crippen LogP contribution in [-0.2, 0) is 0 Å². The molecule has 2 aromatic carbocycles. The van der Waals surface area contributed by atoms with Gasteiger partial charge in [0.05, 0.1) is 11.6 Å². The summed E-state index contributed by atoms with van der Waals surface area (Å²) in [5, 5.41) is 4.32. The highest BCUT2D eigenvalue weighted by atomic mass is 35.5. The average Bonchev–Trinajstić information content (AvgIpc) is 2.41. The predicted molar refractivity (Wildman–Crippen MR) is 88.2 cm³/mol. The minimum atomic E-state index is -0.312. The molecule has 0 bridgehead atoms. The number of rotatable bonds is 3. The molecule has 2 rings (SSSR count). The van der Waals surface area contributed by atoms with Crippen LogP contribution in [0.2, 0.25) is 15.1 Å². The molecule has 6 heteroatoms. The average molecular weight is 344 g/mol. The monoisotopic (exact) mass is 342 g/mol. The first kappa shape index (κ1) is 16.0. The van der Waals surface area contributed by atoms with Crippen LogP contribution in [-0.4, -0.2) is 5.91 Å². The Hall–Kier alpha value is -1.42. The van der Waals surface area contributed by atoms with Crippen LogP contribution < -0.4 is 11.1 Å². The number of anilines is 1. The fraction of sp³-hybridized carbons (Fsp3) is 0.133. The number of nitrogens with two attached hydrogens (primary N) is 1. The number of nitrogens with one attached hydrogen (secondary N) is 1. The Morgan fingerprint density at radius 2 is 1.71 bits per heavy atom. The molecule has 1 unspecified atom stereocenters. The first-order valence-electron chi connectivity index (χ1n) is 6.19. The molecular formula is C15H13Cl3N2O. The highest BCUT2D eigenvalue weighted by Gasteiger charge is 2.16. The predicted octanol–water partition coefficient (Wildman–Crippen LogP) is 4.72. The van der Waals surface area contributed by atoms with Gasteiger partial charge >= 0.3 is 0 Å². The molecule has 110 valence electrons. The van der Waals surface area contributed by atoms with Crippen LogP contribution in [0.5, 0.6) is 0 Å². The van der Waals surface area contributed by atoms with Crippen molar-refractivity contribution in [3.8, 4) is 0 Å². The van der Waals surface area contributed by atoms with E-state index in [0.29, 0.717) is 26.3 Å². The highest BCUT2D eigenvalue weighted by Crippen LogP contribution is 2.27. The van der Waals surface area contributed by atoms with E-state index < -0.39 is 0 Å². The molecular weight excluding hydrogens is 331 g/mol. The van der Waals surface area contributed by atoms with E-state index >= 15 is 0 Å². The van der Waals surface area contributed by atoms with Crippen LogP contribution in [0.4, 0.5) is 5.69 Å². The molecule has 0 saturated carbocycles. The van der Waals surface area contributed by atoms with Gasteiger partial charge < -0.3 is 11.1 Å². The lowest BCUT2D eigenvalue weighted by molar-refractivity contribution is 0.0941. The summed E-state index contributed by atoms with van der Waals surface area (Å²) in [7, 11) is 0. The Labute approximate surface area is 138 Å². The summed E-state index contributed by atoms with van der Waals surface area (Å²) >= 11 is 17.9. The number of carbonyl (C=O) groups is 1. The van der Waals surface area contributed by atoms with Gasteiger partial charge in [0.15, 0.2) is 0 Å². The maximum Gasteiger partial charge on any atom is 0.253 e. The van der Waals surface area contributed by atoms with Gasteiger partial charge in [-0.15, -0.1) is 0 Å². The molecule has 0 saturated heterocycles. The third-order valence-electron chi connectivity index (χ3n) is 3.04. The van der Waals surface area contributed by atoms with Crippen LogP contribution >= 0.6 is 34.8 Å². The summed E-state index contributed by atoms with van der Waals surface area (Å²) < 4.78 is 0. The molecule has 0 aliphatic heterocycles. The maximum atomic E-state index is 12.3. The Balaban J connectivity index is 2.20. The topological polar surface area (TPSA) is 55.1 Å². The van der Waals surface area contributed by atoms with Crippen LogP contribution in [0, 0.1) is 0 Å². The lowest BCUT2D eigenvalue weighted by Crippen LogP contribution is -2.27. The Kier molecular flexibility index (Phi) is 4.99. The third-order valence-corrected chi connectivity index (χ3v) is 3.83. The van der Waals surface area contributed by atoms with Crippen molar-refractivity contribution in [2.24, 2.45) is 0 Å². The largest absolute Gasteiger partial charge is 0.398 e. The van der Waals surface area contributed by atoms with E-state index in [1.807, 2.05) is 6.92 Å². The number of carbonyl (C=O) groups excluding carboxylic acids is 1. The van der Waals surface area contributed by atoms with Crippen molar-refractivity contribution in [1.29, 1.82) is 0 Å². The van der Waals surface area contributed by atoms with E-state index in [1.165, 1.54) is 6.07 Å². The maximum absolute atomic E-state index is 12.3. The van der Waals surface area contributed by atoms with E-state index in [1.54, 1.807) is 30.3 Å². The standard InChI is InChI=1S/C15H13Cl3N2O/c1-8(11-4-2-10(17)7-13(11)18)20-15(21)12-6-9(16)3-5-14(12)19/h2-8H,19H2,1H3,(H,20,21). The highest BCUT2D eigenvalue weighted by molar-refractivity contribution is 6.35. The van der Waals surface area contributed by atoms with Crippen molar-refractivity contribution in [3.05, 3.63) is 62.6 Å². The van der Waals surface area contributed by atoms with Crippen molar-refractivity contribution in [1.82, 2.24) is 5.32 Å². The van der Waals surface area contributed by atoms with Gasteiger partial charge in [0.1, 0.15) is 0 Å². The molecule has 1 amide bonds. The SMILES string of the molecule is CC(NC(=O)c1cc(Cl)ccc1N)c1ccc(Cl)cc1Cl. The Morgan fingerprint density at radius 1 is 1.10 bits per heavy atom. The van der Waals surface area contributed by atoms with E-state index in [9.17, 15) is 4.79 Å². The van der Waals surface area contributed by atoms with Gasteiger partial charge in [0.2, 0.25) is 0 Å². The Morgan fingerprint density at radius 3 is 2.38 bits per heavy atom. The van der Waals surface area contributed by atoms with Crippen molar-refractivity contribution in [2.45, 2.75) is 13.0 Å². The third kappa shape index (κ3) is 3.82. The number of hydrogen-bond acceptors (Lipinski definition) is 2. The summed E-state index contributed by atoms with van der Waals surface area (Å²) in [6.45, 7) is 1.83. The molecule has 0 fully saturated rings. The zero-order valence-electron chi connectivity index (χ0n) is 11.2. The van der Waals surface area contributed by atoms with Crippen molar-refractivity contribution in [3.63, 3.8) is 0 Å². The number of benzene rings is 2. The van der Waals surface area contributed by atoms with Gasteiger partial charge in [-0.2, -0.15) is 0 Å². The van der Waals surface area contributed by atoms with Gasteiger partial charge in [-0.05, 0) is 42.8 Å². The molecule has 0 aliphatic rings. The lowest BCUT2D eigenvalue weighted by atomic mass is 10.1. The molecule has 0 radical (unpaired) electrons. The second-order valence-electron chi connectivity index (χ2n) is 4.59. The summed E-state index contributed by atoms with van der Waals surface area (Å²) in [6.07, 6.45) is 0. The molecule has 0 heterocycles. The van der Waals surface area contributed by atoms with E-state index in [2.05, 4.69) is 5.32 Å². The minimum absolute atomic E-state index is 0.291. The number of nitrogen functional groups attached to an aromatic ring is 1. The summed E-state index contributed by atoms with van der Waals surface area (Å²) in [5.74, 6) is -0.312. The van der Waals surface area contributed by atoms with Crippen LogP contribution in [0.15, 0.2) is 36.4 Å². The normalized spacial score (nSPS) is 12.0. The zero-order valence-corrected chi connectivity index (χ0v) is 13.4. The van der Waals surface area contributed by atoms with Crippen molar-refractivity contribution >= 4 is 46.4 Å². The molecule has 0 aromatic heterocycles. The molecule has 3 N–H and O–H groups in total. The second-order valence-corrected chi connectivity index (χ2v) is 5.87. The lowest BCUT2D eigenvalue weighted by Gasteiger charge is -2.17. The Bertz CT molecular complexity index is 689. The van der Waals surface area contributed by atoms with Crippen LogP contribution in [0.1, 0.15) is 28.9 Å². The summed E-state index contributed by atoms with van der Waals surface area (Å²) in [6, 6.07) is 9.60. The van der Waals surface area contributed by atoms with Gasteiger partial charge in [-0.25, -0.2) is 0 Å². The first-order chi connectivity index (χ1) is 9.88. The fourth-order valence-corrected chi connectivity index (χ4v) is 2.67. The number of hydrogen-bond donors (Lipinski definition) is 2. The first-order valence-corrected chi connectivity index (χ1v) is 7.32. The number of amides is 1. The molecule has 3 nitrogen and oxygen atoms in total. The molecule has 0 aliphatic carbocycles. The molecule has 1 atom stereocenters. The van der Waals surface area contributed by atoms with Gasteiger partial charge in [-0.1, -0.05) is 40.9 Å². The van der Waals surface area contributed by atoms with E-state index in [-0.39, 0.29) is 11.9 Å². The smallest absolute Gasteiger partial charge is 0.253 e. The quantitative estimate of drug-likeness (QED) is 0.792. The van der Waals surface area contributed by atoms with Crippen LogP contribution in [0.3, 0.4) is 0 Å². The molecule has 21 heavy (non-hydrogen) atoms. The number of halogens is 3. The van der Waals surface area contributed by atoms with Gasteiger partial charge in [-0.3, -0.25) is 4.79 Å². The summed E-state index contributed by atoms with van der Waals surface area (Å²) in [4.78, 5) is 12.3. The molecule has 2 aromatic rings. The van der Waals surface area contributed by atoms with E-state index in [0.717, 1.165) is 5.56 Å². The van der Waals surface area contributed by atoms with Gasteiger partial charge in [0, 0.05) is 20.8 Å². The van der Waals surface area contributed by atoms with Gasteiger partial charge in [0.25, 0.3) is 5.91 Å². The fourth-order valence-electron chi connectivity index (χ4n) is 1.93. The van der Waals surface area contributed by atoms with Crippen molar-refractivity contribution < 1.29 is 4.79 Å². The molecule has 0 spiro atoms. The van der Waals surface area contributed by atoms with Crippen molar-refractivity contribution in [2.75, 3.05) is 5.73 Å². The summed E-state index contributed by atoms with van der Waals surface area (Å²) in [5.41, 5.74) is 7.26. The minimum Gasteiger partial charge on any atom is -0.398 e.